The SMILES string of the molecule is O=C(Nc1ccc(C[C@H](NC(=O)C2C(C3CCCCC3)CCN2S(=O)(=O)c2cc(Cl)cc(Cl)c2)C(=O)OC(=O)[C@H](Cc2ccc(NC(=O)c3c(Cl)cncc3Cl)cc2)NC(=O)[C@H]2[C@H](C3CCCCC3)CCN2S(=O)(=O)c2cc(Cl)cc(Cl)c2)cc1)c1c(Cl)cncc1Cl. The maximum absolute atomic E-state index is 15.4. The zero-order chi connectivity index (χ0) is 66.5. The Morgan fingerprint density at radius 2 is 0.785 bits per heavy atom. The van der Waals surface area contributed by atoms with E-state index in [0.29, 0.717) is 49.7 Å². The predicted octanol–water partition coefficient (Wildman–Crippen LogP) is 13.4. The van der Waals surface area contributed by atoms with Crippen molar-refractivity contribution >= 4 is 160 Å². The van der Waals surface area contributed by atoms with E-state index in [-0.39, 0.29) is 110 Å². The average molecular weight is 1470 g/mol. The zero-order valence-electron chi connectivity index (χ0n) is 49.4. The molecule has 2 unspecified atom stereocenters. The van der Waals surface area contributed by atoms with Crippen LogP contribution in [-0.4, -0.2) is 108 Å². The number of ether oxygens (including phenoxy) is 1. The fourth-order valence-corrected chi connectivity index (χ4v) is 19.0. The first kappa shape index (κ1) is 70.1. The van der Waals surface area contributed by atoms with Gasteiger partial charge < -0.3 is 26.0 Å². The van der Waals surface area contributed by atoms with Gasteiger partial charge in [0, 0.05) is 82.2 Å². The number of anilines is 2. The van der Waals surface area contributed by atoms with Crippen molar-refractivity contribution in [3.05, 3.63) is 172 Å². The van der Waals surface area contributed by atoms with Crippen LogP contribution in [0.2, 0.25) is 40.2 Å². The van der Waals surface area contributed by atoms with Crippen molar-refractivity contribution in [1.29, 1.82) is 0 Å². The summed E-state index contributed by atoms with van der Waals surface area (Å²) >= 11 is 50.5. The lowest BCUT2D eigenvalue weighted by Gasteiger charge is -2.34. The monoisotopic (exact) mass is 1460 g/mol. The molecule has 4 heterocycles. The van der Waals surface area contributed by atoms with E-state index in [4.69, 9.17) is 97.5 Å². The molecule has 2 aliphatic heterocycles. The van der Waals surface area contributed by atoms with E-state index in [1.165, 1.54) is 110 Å². The summed E-state index contributed by atoms with van der Waals surface area (Å²) < 4.78 is 67.0. The first-order chi connectivity index (χ1) is 44.4. The summed E-state index contributed by atoms with van der Waals surface area (Å²) in [6.45, 7) is -0.141. The minimum absolute atomic E-state index is 0.00431. The van der Waals surface area contributed by atoms with Gasteiger partial charge in [-0.15, -0.1) is 0 Å². The van der Waals surface area contributed by atoms with Gasteiger partial charge in [-0.2, -0.15) is 8.61 Å². The Morgan fingerprint density at radius 3 is 1.11 bits per heavy atom. The van der Waals surface area contributed by atoms with Crippen molar-refractivity contribution in [2.75, 3.05) is 23.7 Å². The summed E-state index contributed by atoms with van der Waals surface area (Å²) in [6.07, 6.45) is 13.1. The van der Waals surface area contributed by atoms with Crippen molar-refractivity contribution < 1.29 is 50.3 Å². The molecule has 19 nitrogen and oxygen atoms in total. The van der Waals surface area contributed by atoms with Crippen LogP contribution in [0.3, 0.4) is 0 Å². The molecule has 93 heavy (non-hydrogen) atoms. The van der Waals surface area contributed by atoms with Gasteiger partial charge in [0.2, 0.25) is 31.9 Å². The summed E-state index contributed by atoms with van der Waals surface area (Å²) in [5.41, 5.74) is 1.18. The molecule has 0 radical (unpaired) electrons. The summed E-state index contributed by atoms with van der Waals surface area (Å²) in [6, 6.07) is 13.6. The highest BCUT2D eigenvalue weighted by Crippen LogP contribution is 2.44. The Morgan fingerprint density at radius 1 is 0.462 bits per heavy atom. The number of halogens is 8. The molecular formula is C64H62Cl8N8O11S2. The molecule has 2 aromatic heterocycles. The van der Waals surface area contributed by atoms with E-state index in [2.05, 4.69) is 31.2 Å². The second-order valence-corrected chi connectivity index (χ2v) is 30.7. The summed E-state index contributed by atoms with van der Waals surface area (Å²) in [5.74, 6) is -6.88. The molecule has 4 aromatic carbocycles. The van der Waals surface area contributed by atoms with Gasteiger partial charge >= 0.3 is 11.9 Å². The van der Waals surface area contributed by atoms with Crippen LogP contribution in [0, 0.1) is 23.7 Å². The molecule has 4 amide bonds. The molecule has 4 aliphatic rings. The van der Waals surface area contributed by atoms with Crippen molar-refractivity contribution in [2.24, 2.45) is 23.7 Å². The van der Waals surface area contributed by atoms with Crippen molar-refractivity contribution in [1.82, 2.24) is 29.2 Å². The summed E-state index contributed by atoms with van der Waals surface area (Å²) in [7, 11) is -9.00. The third kappa shape index (κ3) is 16.6. The van der Waals surface area contributed by atoms with Crippen LogP contribution in [0.4, 0.5) is 11.4 Å². The molecular weight excluding hydrogens is 1400 g/mol. The Hall–Kier alpha value is -5.66. The maximum Gasteiger partial charge on any atom is 0.336 e. The van der Waals surface area contributed by atoms with Crippen molar-refractivity contribution in [3.63, 3.8) is 0 Å². The Bertz CT molecular complexity index is 3730. The molecule has 10 rings (SSSR count). The lowest BCUT2D eigenvalue weighted by atomic mass is 9.76. The van der Waals surface area contributed by atoms with Gasteiger partial charge in [0.15, 0.2) is 0 Å². The number of nitrogens with one attached hydrogen (secondary N) is 4. The minimum atomic E-state index is -4.50. The van der Waals surface area contributed by atoms with Gasteiger partial charge in [0.05, 0.1) is 41.0 Å². The topological polar surface area (TPSA) is 260 Å². The zero-order valence-corrected chi connectivity index (χ0v) is 57.1. The van der Waals surface area contributed by atoms with E-state index in [0.717, 1.165) is 47.1 Å². The lowest BCUT2D eigenvalue weighted by Crippen LogP contribution is -2.56. The van der Waals surface area contributed by atoms with E-state index < -0.39 is 91.6 Å². The Kier molecular flexibility index (Phi) is 23.1. The van der Waals surface area contributed by atoms with Gasteiger partial charge in [-0.3, -0.25) is 29.1 Å². The molecule has 2 saturated heterocycles. The van der Waals surface area contributed by atoms with Crippen LogP contribution in [0.1, 0.15) is 109 Å². The van der Waals surface area contributed by atoms with Crippen LogP contribution in [0.5, 0.6) is 0 Å². The van der Waals surface area contributed by atoms with Crippen LogP contribution >= 0.6 is 92.8 Å². The molecule has 4 N–H and O–H groups in total. The highest BCUT2D eigenvalue weighted by atomic mass is 35.5. The van der Waals surface area contributed by atoms with E-state index in [1.54, 1.807) is 0 Å². The van der Waals surface area contributed by atoms with Gasteiger partial charge in [0.1, 0.15) is 24.2 Å². The summed E-state index contributed by atoms with van der Waals surface area (Å²) in [5, 5.41) is 11.1. The largest absolute Gasteiger partial charge is 0.390 e. The van der Waals surface area contributed by atoms with Gasteiger partial charge in [0.25, 0.3) is 11.8 Å². The van der Waals surface area contributed by atoms with Crippen LogP contribution in [-0.2, 0) is 56.8 Å². The summed E-state index contributed by atoms with van der Waals surface area (Å²) in [4.78, 5) is 95.1. The van der Waals surface area contributed by atoms with Gasteiger partial charge in [-0.1, -0.05) is 181 Å². The number of hydrogen-bond donors (Lipinski definition) is 4. The van der Waals surface area contributed by atoms with E-state index >= 15 is 19.2 Å². The first-order valence-corrected chi connectivity index (χ1v) is 36.0. The van der Waals surface area contributed by atoms with Crippen LogP contribution in [0.25, 0.3) is 0 Å². The maximum atomic E-state index is 15.4. The third-order valence-electron chi connectivity index (χ3n) is 17.6. The fourth-order valence-electron chi connectivity index (χ4n) is 13.2. The molecule has 4 fully saturated rings. The molecule has 0 bridgehead atoms. The standard InChI is InChI=1S/C64H62Cl8N8O11S2/c65-39-25-40(66)28-45(27-39)92(87,88)79-21-19-47(37-7-3-1-4-8-37)57(79)61(83)77-53(23-35-11-15-43(16-12-35)75-59(81)55-49(69)31-73-32-50(55)70)63(85)91-64(86)54(24-36-13-17-44(18-14-36)76-60(82)56-51(71)33-74-34-52(56)72)78-62(84)58-48(38-9-5-2-6-10-38)20-22-80(58)93(89,90)46-29-41(67)26-42(68)30-46/h11-18,25-34,37-38,47-48,53-54,57-58H,1-10,19-24H2,(H,75,81)(H,76,82)(H,77,83)(H,78,84)/t47-,48?,53-,54-,57+,58?/m0/s1. The smallest absolute Gasteiger partial charge is 0.336 e. The Balaban J connectivity index is 0.992. The quantitative estimate of drug-likeness (QED) is 0.0410. The van der Waals surface area contributed by atoms with Gasteiger partial charge in [-0.25, -0.2) is 26.4 Å². The first-order valence-electron chi connectivity index (χ1n) is 30.1. The van der Waals surface area contributed by atoms with Gasteiger partial charge in [-0.05, 0) is 108 Å². The number of sulfonamides is 2. The minimum Gasteiger partial charge on any atom is -0.390 e. The predicted molar refractivity (Wildman–Crippen MR) is 357 cm³/mol. The van der Waals surface area contributed by atoms with Crippen molar-refractivity contribution in [2.45, 2.75) is 124 Å². The highest BCUT2D eigenvalue weighted by Gasteiger charge is 2.51. The fraction of sp³-hybridized carbons (Fsp3) is 0.375. The number of benzene rings is 4. The molecule has 6 atom stereocenters. The molecule has 492 valence electrons. The second kappa shape index (κ2) is 30.6. The normalized spacial score (nSPS) is 19.9. The second-order valence-electron chi connectivity index (χ2n) is 23.6. The number of rotatable bonds is 20. The Labute approximate surface area is 578 Å². The molecule has 29 heteroatoms. The number of carbonyl (C=O) groups excluding carboxylic acids is 6. The molecule has 6 aromatic rings. The van der Waals surface area contributed by atoms with Crippen LogP contribution in [0.15, 0.2) is 120 Å². The average Bonchev–Trinajstić information content (AvgIpc) is 1.66. The number of carbonyl (C=O) groups is 6. The number of aromatic nitrogens is 2. The number of esters is 2. The third-order valence-corrected chi connectivity index (χ3v) is 23.3. The highest BCUT2D eigenvalue weighted by molar-refractivity contribution is 7.89. The lowest BCUT2D eigenvalue weighted by molar-refractivity contribution is -0.164. The van der Waals surface area contributed by atoms with Crippen molar-refractivity contribution in [3.8, 4) is 0 Å². The molecule has 0 spiro atoms. The number of nitrogens with zero attached hydrogens (tertiary/aromatic N) is 4. The number of hydrogen-bond acceptors (Lipinski definition) is 13. The number of amides is 4. The molecule has 2 aliphatic carbocycles. The van der Waals surface area contributed by atoms with Crippen LogP contribution < -0.4 is 21.3 Å². The number of pyridine rings is 2. The molecule has 2 saturated carbocycles. The van der Waals surface area contributed by atoms with E-state index in [9.17, 15) is 26.4 Å². The van der Waals surface area contributed by atoms with E-state index in [1.807, 2.05) is 0 Å².